The average Bonchev–Trinajstić information content (AvgIpc) is 2.84. The molecule has 1 unspecified atom stereocenters. The van der Waals surface area contributed by atoms with Crippen molar-refractivity contribution < 1.29 is 14.7 Å². The number of fused-ring (bicyclic) bond motifs is 1. The molecule has 0 aromatic heterocycles. The summed E-state index contributed by atoms with van der Waals surface area (Å²) in [5, 5.41) is 10.1. The zero-order valence-corrected chi connectivity index (χ0v) is 12.5. The first-order valence-corrected chi connectivity index (χ1v) is 7.30. The summed E-state index contributed by atoms with van der Waals surface area (Å²) < 4.78 is 0. The van der Waals surface area contributed by atoms with Gasteiger partial charge in [-0.1, -0.05) is 41.9 Å². The number of hydrogen-bond acceptors (Lipinski definition) is 2. The largest absolute Gasteiger partial charge is 0.480 e. The van der Waals surface area contributed by atoms with Gasteiger partial charge in [0.15, 0.2) is 0 Å². The Hall–Kier alpha value is -2.33. The molecule has 0 fully saturated rings. The van der Waals surface area contributed by atoms with E-state index < -0.39 is 12.0 Å². The van der Waals surface area contributed by atoms with Crippen LogP contribution in [0.5, 0.6) is 0 Å². The fraction of sp³-hybridized carbons (Fsp3) is 0.176. The molecule has 0 saturated heterocycles. The van der Waals surface area contributed by atoms with Crippen LogP contribution in [0.4, 0.5) is 0 Å². The zero-order chi connectivity index (χ0) is 15.7. The normalized spacial score (nSPS) is 14.8. The quantitative estimate of drug-likeness (QED) is 0.943. The van der Waals surface area contributed by atoms with Gasteiger partial charge >= 0.3 is 5.97 Å². The molecule has 22 heavy (non-hydrogen) atoms. The summed E-state index contributed by atoms with van der Waals surface area (Å²) in [4.78, 5) is 25.5. The third kappa shape index (κ3) is 2.70. The number of rotatable bonds is 4. The van der Waals surface area contributed by atoms with Crippen LogP contribution in [0.15, 0.2) is 48.5 Å². The van der Waals surface area contributed by atoms with Crippen LogP contribution in [0.1, 0.15) is 21.5 Å². The van der Waals surface area contributed by atoms with Gasteiger partial charge in [-0.3, -0.25) is 4.79 Å². The molecular weight excluding hydrogens is 302 g/mol. The van der Waals surface area contributed by atoms with E-state index in [1.165, 1.54) is 4.90 Å². The highest BCUT2D eigenvalue weighted by Gasteiger charge is 2.36. The van der Waals surface area contributed by atoms with Crippen molar-refractivity contribution in [2.45, 2.75) is 19.0 Å². The van der Waals surface area contributed by atoms with Crippen LogP contribution in [0.25, 0.3) is 0 Å². The van der Waals surface area contributed by atoms with Crippen LogP contribution in [0.2, 0.25) is 5.02 Å². The number of nitrogens with zero attached hydrogens (tertiary/aromatic N) is 1. The Bertz CT molecular complexity index is 727. The SMILES string of the molecule is O=C(O)C(Cc1ccc(Cl)cc1)N1Cc2ccccc2C1=O. The molecule has 2 aromatic rings. The fourth-order valence-electron chi connectivity index (χ4n) is 2.70. The van der Waals surface area contributed by atoms with Gasteiger partial charge in [0.2, 0.25) is 0 Å². The second-order valence-corrected chi connectivity index (χ2v) is 5.71. The standard InChI is InChI=1S/C17H14ClNO3/c18-13-7-5-11(6-8-13)9-15(17(21)22)19-10-12-3-1-2-4-14(12)16(19)20/h1-8,15H,9-10H2,(H,21,22). The molecule has 0 aliphatic carbocycles. The molecule has 1 atom stereocenters. The Morgan fingerprint density at radius 2 is 1.86 bits per heavy atom. The van der Waals surface area contributed by atoms with E-state index in [2.05, 4.69) is 0 Å². The molecule has 1 N–H and O–H groups in total. The van der Waals surface area contributed by atoms with Gasteiger partial charge in [0.25, 0.3) is 5.91 Å². The number of carboxylic acid groups (broad SMARTS) is 1. The molecule has 5 heteroatoms. The minimum absolute atomic E-state index is 0.225. The predicted octanol–water partition coefficient (Wildman–Crippen LogP) is 2.99. The lowest BCUT2D eigenvalue weighted by molar-refractivity contribution is -0.142. The lowest BCUT2D eigenvalue weighted by Crippen LogP contribution is -2.42. The first-order valence-electron chi connectivity index (χ1n) is 6.92. The molecule has 1 aliphatic rings. The molecule has 0 saturated carbocycles. The molecule has 0 spiro atoms. The van der Waals surface area contributed by atoms with E-state index in [4.69, 9.17) is 11.6 Å². The number of benzene rings is 2. The van der Waals surface area contributed by atoms with Crippen molar-refractivity contribution in [2.24, 2.45) is 0 Å². The van der Waals surface area contributed by atoms with Gasteiger partial charge < -0.3 is 10.0 Å². The third-order valence-electron chi connectivity index (χ3n) is 3.85. The van der Waals surface area contributed by atoms with Crippen molar-refractivity contribution in [3.05, 3.63) is 70.2 Å². The van der Waals surface area contributed by atoms with Crippen LogP contribution in [-0.4, -0.2) is 27.9 Å². The molecule has 1 aliphatic heterocycles. The van der Waals surface area contributed by atoms with E-state index in [0.29, 0.717) is 17.1 Å². The molecule has 3 rings (SSSR count). The molecule has 1 amide bonds. The monoisotopic (exact) mass is 315 g/mol. The Balaban J connectivity index is 1.85. The lowest BCUT2D eigenvalue weighted by atomic mass is 10.0. The number of hydrogen-bond donors (Lipinski definition) is 1. The number of halogens is 1. The van der Waals surface area contributed by atoms with Gasteiger partial charge in [-0.2, -0.15) is 0 Å². The number of amides is 1. The second-order valence-electron chi connectivity index (χ2n) is 5.27. The van der Waals surface area contributed by atoms with E-state index in [1.54, 1.807) is 36.4 Å². The first kappa shape index (κ1) is 14.6. The Kier molecular flexibility index (Phi) is 3.86. The molecular formula is C17H14ClNO3. The topological polar surface area (TPSA) is 57.6 Å². The highest BCUT2D eigenvalue weighted by atomic mass is 35.5. The predicted molar refractivity (Wildman–Crippen MR) is 82.9 cm³/mol. The van der Waals surface area contributed by atoms with Crippen LogP contribution in [-0.2, 0) is 17.8 Å². The van der Waals surface area contributed by atoms with Gasteiger partial charge in [-0.25, -0.2) is 4.79 Å². The Morgan fingerprint density at radius 3 is 2.50 bits per heavy atom. The van der Waals surface area contributed by atoms with Gasteiger partial charge in [0, 0.05) is 23.6 Å². The van der Waals surface area contributed by atoms with Crippen molar-refractivity contribution in [2.75, 3.05) is 0 Å². The van der Waals surface area contributed by atoms with Crippen molar-refractivity contribution in [1.29, 1.82) is 0 Å². The second kappa shape index (κ2) is 5.81. The van der Waals surface area contributed by atoms with Crippen molar-refractivity contribution >= 4 is 23.5 Å². The molecule has 1 heterocycles. The first-order chi connectivity index (χ1) is 10.6. The summed E-state index contributed by atoms with van der Waals surface area (Å²) in [6, 6.07) is 13.3. The Morgan fingerprint density at radius 1 is 1.18 bits per heavy atom. The van der Waals surface area contributed by atoms with E-state index in [0.717, 1.165) is 11.1 Å². The summed E-state index contributed by atoms with van der Waals surface area (Å²) in [6.07, 6.45) is 0.256. The average molecular weight is 316 g/mol. The fourth-order valence-corrected chi connectivity index (χ4v) is 2.83. The smallest absolute Gasteiger partial charge is 0.326 e. The van der Waals surface area contributed by atoms with E-state index >= 15 is 0 Å². The van der Waals surface area contributed by atoms with Gasteiger partial charge in [0.1, 0.15) is 6.04 Å². The number of carbonyl (C=O) groups excluding carboxylic acids is 1. The molecule has 4 nitrogen and oxygen atoms in total. The number of carbonyl (C=O) groups is 2. The summed E-state index contributed by atoms with van der Waals surface area (Å²) in [7, 11) is 0. The highest BCUT2D eigenvalue weighted by Crippen LogP contribution is 2.26. The van der Waals surface area contributed by atoms with E-state index in [-0.39, 0.29) is 12.3 Å². The van der Waals surface area contributed by atoms with Crippen LogP contribution in [0, 0.1) is 0 Å². The van der Waals surface area contributed by atoms with Crippen LogP contribution >= 0.6 is 11.6 Å². The molecule has 0 radical (unpaired) electrons. The number of carboxylic acids is 1. The summed E-state index contributed by atoms with van der Waals surface area (Å²) >= 11 is 5.84. The Labute approximate surface area is 132 Å². The van der Waals surface area contributed by atoms with Crippen molar-refractivity contribution in [1.82, 2.24) is 4.90 Å². The molecule has 2 aromatic carbocycles. The molecule has 112 valence electrons. The minimum Gasteiger partial charge on any atom is -0.480 e. The van der Waals surface area contributed by atoms with Crippen molar-refractivity contribution in [3.63, 3.8) is 0 Å². The minimum atomic E-state index is -1.00. The third-order valence-corrected chi connectivity index (χ3v) is 4.10. The van der Waals surface area contributed by atoms with Gasteiger partial charge in [-0.15, -0.1) is 0 Å². The maximum Gasteiger partial charge on any atom is 0.326 e. The number of aliphatic carboxylic acids is 1. The summed E-state index contributed by atoms with van der Waals surface area (Å²) in [5.41, 5.74) is 2.29. The van der Waals surface area contributed by atoms with Crippen LogP contribution in [0.3, 0.4) is 0 Å². The molecule has 0 bridgehead atoms. The summed E-state index contributed by atoms with van der Waals surface area (Å²) in [5.74, 6) is -1.23. The lowest BCUT2D eigenvalue weighted by Gasteiger charge is -2.24. The zero-order valence-electron chi connectivity index (χ0n) is 11.7. The maximum absolute atomic E-state index is 12.4. The van der Waals surface area contributed by atoms with Gasteiger partial charge in [-0.05, 0) is 29.3 Å². The van der Waals surface area contributed by atoms with E-state index in [1.807, 2.05) is 12.1 Å². The van der Waals surface area contributed by atoms with Crippen LogP contribution < -0.4 is 0 Å². The summed E-state index contributed by atoms with van der Waals surface area (Å²) in [6.45, 7) is 0.333. The van der Waals surface area contributed by atoms with E-state index in [9.17, 15) is 14.7 Å². The van der Waals surface area contributed by atoms with Gasteiger partial charge in [0.05, 0.1) is 0 Å². The maximum atomic E-state index is 12.4. The highest BCUT2D eigenvalue weighted by molar-refractivity contribution is 6.30. The van der Waals surface area contributed by atoms with Crippen molar-refractivity contribution in [3.8, 4) is 0 Å².